The lowest BCUT2D eigenvalue weighted by atomic mass is 10.0. The number of nitrogens with zero attached hydrogens (tertiary/aromatic N) is 1. The molecule has 0 aliphatic carbocycles. The van der Waals surface area contributed by atoms with Gasteiger partial charge in [0.05, 0.1) is 0 Å². The second-order valence-corrected chi connectivity index (χ2v) is 4.61. The van der Waals surface area contributed by atoms with Gasteiger partial charge in [0.2, 0.25) is 0 Å². The van der Waals surface area contributed by atoms with Gasteiger partial charge in [-0.25, -0.2) is 0 Å². The molecule has 2 heterocycles. The van der Waals surface area contributed by atoms with Gasteiger partial charge in [-0.3, -0.25) is 4.79 Å². The standard InChI is InChI=1S/C13H19NO2/c1-10-7-13(9-15)11(2)14(10)8-12-3-5-16-6-4-12/h7,9,12H,3-6,8H2,1-2H3. The van der Waals surface area contributed by atoms with Crippen LogP contribution in [-0.4, -0.2) is 24.1 Å². The van der Waals surface area contributed by atoms with Gasteiger partial charge in [-0.1, -0.05) is 0 Å². The van der Waals surface area contributed by atoms with Crippen LogP contribution in [0, 0.1) is 19.8 Å². The number of carbonyl (C=O) groups is 1. The quantitative estimate of drug-likeness (QED) is 0.734. The molecule has 3 nitrogen and oxygen atoms in total. The Bertz CT molecular complexity index is 376. The van der Waals surface area contributed by atoms with Crippen LogP contribution < -0.4 is 0 Å². The van der Waals surface area contributed by atoms with Crippen molar-refractivity contribution in [3.63, 3.8) is 0 Å². The molecule has 0 unspecified atom stereocenters. The van der Waals surface area contributed by atoms with Crippen molar-refractivity contribution < 1.29 is 9.53 Å². The molecule has 3 heteroatoms. The van der Waals surface area contributed by atoms with Crippen LogP contribution in [0.3, 0.4) is 0 Å². The summed E-state index contributed by atoms with van der Waals surface area (Å²) >= 11 is 0. The lowest BCUT2D eigenvalue weighted by Gasteiger charge is -2.24. The van der Waals surface area contributed by atoms with Crippen LogP contribution in [-0.2, 0) is 11.3 Å². The van der Waals surface area contributed by atoms with E-state index < -0.39 is 0 Å². The summed E-state index contributed by atoms with van der Waals surface area (Å²) < 4.78 is 7.62. The number of ether oxygens (including phenoxy) is 1. The molecule has 1 aromatic heterocycles. The molecule has 2 rings (SSSR count). The average molecular weight is 221 g/mol. The molecule has 0 aromatic carbocycles. The van der Waals surface area contributed by atoms with Gasteiger partial charge >= 0.3 is 0 Å². The van der Waals surface area contributed by atoms with Crippen molar-refractivity contribution in [2.24, 2.45) is 5.92 Å². The van der Waals surface area contributed by atoms with Crippen LogP contribution in [0.25, 0.3) is 0 Å². The first kappa shape index (κ1) is 11.4. The number of aromatic nitrogens is 1. The second kappa shape index (κ2) is 4.83. The predicted molar refractivity (Wildman–Crippen MR) is 62.8 cm³/mol. The maximum Gasteiger partial charge on any atom is 0.151 e. The number of aryl methyl sites for hydroxylation is 1. The highest BCUT2D eigenvalue weighted by molar-refractivity contribution is 5.77. The van der Waals surface area contributed by atoms with E-state index in [0.717, 1.165) is 50.1 Å². The number of rotatable bonds is 3. The van der Waals surface area contributed by atoms with E-state index in [0.29, 0.717) is 5.92 Å². The van der Waals surface area contributed by atoms with Crippen LogP contribution in [0.2, 0.25) is 0 Å². The molecule has 1 aliphatic heterocycles. The molecule has 0 N–H and O–H groups in total. The fraction of sp³-hybridized carbons (Fsp3) is 0.615. The van der Waals surface area contributed by atoms with Gasteiger partial charge in [0.25, 0.3) is 0 Å². The van der Waals surface area contributed by atoms with Crippen molar-refractivity contribution >= 4 is 6.29 Å². The third-order valence-corrected chi connectivity index (χ3v) is 3.52. The van der Waals surface area contributed by atoms with E-state index in [2.05, 4.69) is 11.5 Å². The van der Waals surface area contributed by atoms with E-state index in [9.17, 15) is 4.79 Å². The number of aldehydes is 1. The molecule has 1 saturated heterocycles. The van der Waals surface area contributed by atoms with Crippen molar-refractivity contribution in [1.29, 1.82) is 0 Å². The molecular formula is C13H19NO2. The molecule has 1 aliphatic rings. The summed E-state index contributed by atoms with van der Waals surface area (Å²) in [6.07, 6.45) is 3.21. The highest BCUT2D eigenvalue weighted by Gasteiger charge is 2.17. The Balaban J connectivity index is 2.13. The van der Waals surface area contributed by atoms with E-state index in [1.54, 1.807) is 0 Å². The molecule has 0 spiro atoms. The largest absolute Gasteiger partial charge is 0.381 e. The summed E-state index contributed by atoms with van der Waals surface area (Å²) in [6, 6.07) is 1.97. The Hall–Kier alpha value is -1.09. The molecule has 0 atom stereocenters. The average Bonchev–Trinajstić information content (AvgIpc) is 2.58. The second-order valence-electron chi connectivity index (χ2n) is 4.61. The first-order valence-electron chi connectivity index (χ1n) is 5.92. The van der Waals surface area contributed by atoms with E-state index in [1.165, 1.54) is 5.69 Å². The third kappa shape index (κ3) is 2.19. The first-order valence-corrected chi connectivity index (χ1v) is 5.92. The summed E-state index contributed by atoms with van der Waals surface area (Å²) in [5, 5.41) is 0. The highest BCUT2D eigenvalue weighted by atomic mass is 16.5. The van der Waals surface area contributed by atoms with E-state index in [1.807, 2.05) is 13.0 Å². The summed E-state index contributed by atoms with van der Waals surface area (Å²) in [6.45, 7) is 6.87. The SMILES string of the molecule is Cc1cc(C=O)c(C)n1CC1CCOCC1. The number of carbonyl (C=O) groups excluding carboxylic acids is 1. The summed E-state index contributed by atoms with van der Waals surface area (Å²) in [7, 11) is 0. The maximum absolute atomic E-state index is 10.9. The minimum absolute atomic E-state index is 0.693. The zero-order valence-electron chi connectivity index (χ0n) is 10.0. The minimum Gasteiger partial charge on any atom is -0.381 e. The monoisotopic (exact) mass is 221 g/mol. The van der Waals surface area contributed by atoms with Crippen molar-refractivity contribution in [2.75, 3.05) is 13.2 Å². The van der Waals surface area contributed by atoms with Crippen LogP contribution in [0.5, 0.6) is 0 Å². The van der Waals surface area contributed by atoms with Crippen molar-refractivity contribution in [2.45, 2.75) is 33.2 Å². The lowest BCUT2D eigenvalue weighted by molar-refractivity contribution is 0.0609. The summed E-state index contributed by atoms with van der Waals surface area (Å²) in [5.74, 6) is 0.693. The van der Waals surface area contributed by atoms with Gasteiger partial charge in [-0.2, -0.15) is 0 Å². The normalized spacial score (nSPS) is 17.6. The van der Waals surface area contributed by atoms with E-state index in [4.69, 9.17) is 4.74 Å². The highest BCUT2D eigenvalue weighted by Crippen LogP contribution is 2.21. The molecule has 0 bridgehead atoms. The van der Waals surface area contributed by atoms with Gasteiger partial charge in [0.15, 0.2) is 6.29 Å². The third-order valence-electron chi connectivity index (χ3n) is 3.52. The van der Waals surface area contributed by atoms with Crippen molar-refractivity contribution in [3.05, 3.63) is 23.0 Å². The van der Waals surface area contributed by atoms with Crippen molar-refractivity contribution in [1.82, 2.24) is 4.57 Å². The van der Waals surface area contributed by atoms with Crippen LogP contribution in [0.4, 0.5) is 0 Å². The Kier molecular flexibility index (Phi) is 3.44. The minimum atomic E-state index is 0.693. The van der Waals surface area contributed by atoms with Gasteiger partial charge in [-0.05, 0) is 38.7 Å². The molecule has 0 radical (unpaired) electrons. The van der Waals surface area contributed by atoms with Gasteiger partial charge in [0, 0.05) is 36.7 Å². The molecule has 88 valence electrons. The zero-order valence-corrected chi connectivity index (χ0v) is 10.0. The van der Waals surface area contributed by atoms with Crippen molar-refractivity contribution in [3.8, 4) is 0 Å². The molecule has 1 aromatic rings. The summed E-state index contributed by atoms with van der Waals surface area (Å²) in [5.41, 5.74) is 3.11. The Morgan fingerprint density at radius 2 is 2.12 bits per heavy atom. The Morgan fingerprint density at radius 1 is 1.44 bits per heavy atom. The zero-order chi connectivity index (χ0) is 11.5. The molecule has 0 saturated carbocycles. The van der Waals surface area contributed by atoms with Gasteiger partial charge in [-0.15, -0.1) is 0 Å². The van der Waals surface area contributed by atoms with E-state index >= 15 is 0 Å². The van der Waals surface area contributed by atoms with E-state index in [-0.39, 0.29) is 0 Å². The predicted octanol–water partition coefficient (Wildman–Crippen LogP) is 2.34. The Morgan fingerprint density at radius 3 is 2.69 bits per heavy atom. The number of hydrogen-bond acceptors (Lipinski definition) is 2. The summed E-state index contributed by atoms with van der Waals surface area (Å²) in [4.78, 5) is 10.9. The van der Waals surface area contributed by atoms with Crippen LogP contribution in [0.1, 0.15) is 34.6 Å². The molecule has 1 fully saturated rings. The van der Waals surface area contributed by atoms with Gasteiger partial charge in [0.1, 0.15) is 0 Å². The molecule has 0 amide bonds. The van der Waals surface area contributed by atoms with Crippen LogP contribution in [0.15, 0.2) is 6.07 Å². The fourth-order valence-corrected chi connectivity index (χ4v) is 2.42. The Labute approximate surface area is 96.4 Å². The lowest BCUT2D eigenvalue weighted by Crippen LogP contribution is -2.21. The van der Waals surface area contributed by atoms with Crippen LogP contribution >= 0.6 is 0 Å². The topological polar surface area (TPSA) is 31.2 Å². The molecule has 16 heavy (non-hydrogen) atoms. The van der Waals surface area contributed by atoms with Gasteiger partial charge < -0.3 is 9.30 Å². The molecular weight excluding hydrogens is 202 g/mol. The fourth-order valence-electron chi connectivity index (χ4n) is 2.42. The first-order chi connectivity index (χ1) is 7.72. The smallest absolute Gasteiger partial charge is 0.151 e. The maximum atomic E-state index is 10.9. The number of hydrogen-bond donors (Lipinski definition) is 0.